The first-order chi connectivity index (χ1) is 9.17. The van der Waals surface area contributed by atoms with Gasteiger partial charge in [-0.1, -0.05) is 42.5 Å². The SMILES string of the molecule is CCOC(=O)C(=O)CC(/C=C/c1ccccc1)OC. The minimum absolute atomic E-state index is 0.0152. The molecule has 0 saturated heterocycles. The fraction of sp³-hybridized carbons (Fsp3) is 0.333. The minimum atomic E-state index is -0.808. The summed E-state index contributed by atoms with van der Waals surface area (Å²) >= 11 is 0. The van der Waals surface area contributed by atoms with Crippen LogP contribution in [0.3, 0.4) is 0 Å². The molecular weight excluding hydrogens is 244 g/mol. The fourth-order valence-corrected chi connectivity index (χ4v) is 1.49. The molecule has 1 atom stereocenters. The molecule has 0 heterocycles. The van der Waals surface area contributed by atoms with E-state index in [-0.39, 0.29) is 13.0 Å². The maximum Gasteiger partial charge on any atom is 0.374 e. The number of methoxy groups -OCH3 is 1. The summed E-state index contributed by atoms with van der Waals surface area (Å²) in [7, 11) is 1.50. The fourth-order valence-electron chi connectivity index (χ4n) is 1.49. The van der Waals surface area contributed by atoms with Crippen molar-refractivity contribution in [3.05, 3.63) is 42.0 Å². The molecular formula is C15H18O4. The summed E-state index contributed by atoms with van der Waals surface area (Å²) < 4.78 is 9.80. The Morgan fingerprint density at radius 3 is 2.53 bits per heavy atom. The molecule has 0 fully saturated rings. The molecule has 4 nitrogen and oxygen atoms in total. The van der Waals surface area contributed by atoms with Gasteiger partial charge in [0.15, 0.2) is 0 Å². The lowest BCUT2D eigenvalue weighted by Gasteiger charge is -2.09. The number of ketones is 1. The van der Waals surface area contributed by atoms with Crippen LogP contribution < -0.4 is 0 Å². The van der Waals surface area contributed by atoms with Gasteiger partial charge in [-0.05, 0) is 12.5 Å². The van der Waals surface area contributed by atoms with E-state index in [1.807, 2.05) is 36.4 Å². The molecule has 1 aromatic rings. The van der Waals surface area contributed by atoms with E-state index in [0.29, 0.717) is 0 Å². The van der Waals surface area contributed by atoms with E-state index >= 15 is 0 Å². The molecule has 19 heavy (non-hydrogen) atoms. The summed E-state index contributed by atoms with van der Waals surface area (Å²) in [5.41, 5.74) is 1.01. The Balaban J connectivity index is 2.57. The van der Waals surface area contributed by atoms with Crippen molar-refractivity contribution < 1.29 is 19.1 Å². The van der Waals surface area contributed by atoms with Gasteiger partial charge in [0.1, 0.15) is 0 Å². The zero-order valence-electron chi connectivity index (χ0n) is 11.2. The van der Waals surface area contributed by atoms with Crippen LogP contribution in [0.2, 0.25) is 0 Å². The highest BCUT2D eigenvalue weighted by Crippen LogP contribution is 2.07. The van der Waals surface area contributed by atoms with E-state index in [4.69, 9.17) is 4.74 Å². The van der Waals surface area contributed by atoms with Crippen LogP contribution in [0.5, 0.6) is 0 Å². The Morgan fingerprint density at radius 2 is 1.95 bits per heavy atom. The third kappa shape index (κ3) is 5.48. The Labute approximate surface area is 113 Å². The van der Waals surface area contributed by atoms with Crippen LogP contribution in [0.15, 0.2) is 36.4 Å². The molecule has 102 valence electrons. The van der Waals surface area contributed by atoms with Gasteiger partial charge >= 0.3 is 5.97 Å². The third-order valence-corrected chi connectivity index (χ3v) is 2.50. The number of esters is 1. The second-order valence-electron chi connectivity index (χ2n) is 3.89. The summed E-state index contributed by atoms with van der Waals surface area (Å²) in [6.07, 6.45) is 3.16. The molecule has 0 bridgehead atoms. The molecule has 0 radical (unpaired) electrons. The van der Waals surface area contributed by atoms with Gasteiger partial charge in [-0.3, -0.25) is 4.79 Å². The van der Waals surface area contributed by atoms with E-state index in [2.05, 4.69) is 4.74 Å². The number of carbonyl (C=O) groups excluding carboxylic acids is 2. The van der Waals surface area contributed by atoms with E-state index < -0.39 is 17.9 Å². The van der Waals surface area contributed by atoms with Crippen LogP contribution in [0.4, 0.5) is 0 Å². The van der Waals surface area contributed by atoms with E-state index in [9.17, 15) is 9.59 Å². The van der Waals surface area contributed by atoms with Crippen molar-refractivity contribution in [3.63, 3.8) is 0 Å². The summed E-state index contributed by atoms with van der Waals surface area (Å²) in [6, 6.07) is 9.65. The highest BCUT2D eigenvalue weighted by atomic mass is 16.5. The van der Waals surface area contributed by atoms with Crippen molar-refractivity contribution in [1.82, 2.24) is 0 Å². The lowest BCUT2D eigenvalue weighted by molar-refractivity contribution is -0.154. The second-order valence-corrected chi connectivity index (χ2v) is 3.89. The Bertz CT molecular complexity index is 437. The first-order valence-electron chi connectivity index (χ1n) is 6.13. The zero-order chi connectivity index (χ0) is 14.1. The molecule has 1 aromatic carbocycles. The highest BCUT2D eigenvalue weighted by Gasteiger charge is 2.18. The number of hydrogen-bond acceptors (Lipinski definition) is 4. The van der Waals surface area contributed by atoms with Crippen LogP contribution in [0.25, 0.3) is 6.08 Å². The summed E-state index contributed by atoms with van der Waals surface area (Å²) in [5, 5.41) is 0. The molecule has 0 aliphatic heterocycles. The molecule has 0 aliphatic carbocycles. The quantitative estimate of drug-likeness (QED) is 0.558. The van der Waals surface area contributed by atoms with E-state index in [1.54, 1.807) is 13.0 Å². The van der Waals surface area contributed by atoms with Crippen molar-refractivity contribution in [2.45, 2.75) is 19.4 Å². The maximum absolute atomic E-state index is 11.5. The number of rotatable bonds is 7. The van der Waals surface area contributed by atoms with Crippen LogP contribution >= 0.6 is 0 Å². The van der Waals surface area contributed by atoms with Gasteiger partial charge in [0.2, 0.25) is 5.78 Å². The predicted octanol–water partition coefficient (Wildman–Crippen LogP) is 2.24. The van der Waals surface area contributed by atoms with Gasteiger partial charge < -0.3 is 9.47 Å². The topological polar surface area (TPSA) is 52.6 Å². The molecule has 0 aromatic heterocycles. The normalized spacial score (nSPS) is 12.3. The lowest BCUT2D eigenvalue weighted by Crippen LogP contribution is -2.23. The van der Waals surface area contributed by atoms with Gasteiger partial charge in [0, 0.05) is 13.5 Å². The van der Waals surface area contributed by atoms with Crippen LogP contribution in [0.1, 0.15) is 18.9 Å². The van der Waals surface area contributed by atoms with Gasteiger partial charge in [-0.2, -0.15) is 0 Å². The summed E-state index contributed by atoms with van der Waals surface area (Å²) in [6.45, 7) is 1.86. The van der Waals surface area contributed by atoms with Crippen molar-refractivity contribution in [2.24, 2.45) is 0 Å². The number of carbonyl (C=O) groups is 2. The van der Waals surface area contributed by atoms with Gasteiger partial charge in [0.05, 0.1) is 12.7 Å². The molecule has 0 saturated carbocycles. The van der Waals surface area contributed by atoms with Crippen molar-refractivity contribution in [3.8, 4) is 0 Å². The molecule has 4 heteroatoms. The minimum Gasteiger partial charge on any atom is -0.460 e. The Kier molecular flexibility index (Phi) is 6.53. The van der Waals surface area contributed by atoms with Crippen molar-refractivity contribution in [2.75, 3.05) is 13.7 Å². The third-order valence-electron chi connectivity index (χ3n) is 2.50. The monoisotopic (exact) mass is 262 g/mol. The lowest BCUT2D eigenvalue weighted by atomic mass is 10.1. The summed E-state index contributed by atoms with van der Waals surface area (Å²) in [4.78, 5) is 22.7. The molecule has 0 amide bonds. The maximum atomic E-state index is 11.5. The number of benzene rings is 1. The standard InChI is InChI=1S/C15H18O4/c1-3-19-15(17)14(16)11-13(18-2)10-9-12-7-5-4-6-8-12/h4-10,13H,3,11H2,1-2H3/b10-9+. The number of ether oxygens (including phenoxy) is 2. The molecule has 1 rings (SSSR count). The largest absolute Gasteiger partial charge is 0.460 e. The first kappa shape index (κ1) is 15.1. The average molecular weight is 262 g/mol. The first-order valence-corrected chi connectivity index (χ1v) is 6.13. The van der Waals surface area contributed by atoms with Gasteiger partial charge in [0.25, 0.3) is 0 Å². The van der Waals surface area contributed by atoms with Gasteiger partial charge in [-0.25, -0.2) is 4.79 Å². The predicted molar refractivity (Wildman–Crippen MR) is 72.5 cm³/mol. The van der Waals surface area contributed by atoms with E-state index in [0.717, 1.165) is 5.56 Å². The van der Waals surface area contributed by atoms with Crippen molar-refractivity contribution >= 4 is 17.8 Å². The smallest absolute Gasteiger partial charge is 0.374 e. The van der Waals surface area contributed by atoms with Crippen molar-refractivity contribution in [1.29, 1.82) is 0 Å². The highest BCUT2D eigenvalue weighted by molar-refractivity contribution is 6.33. The molecule has 1 unspecified atom stereocenters. The van der Waals surface area contributed by atoms with Crippen LogP contribution in [-0.2, 0) is 19.1 Å². The molecule has 0 aliphatic rings. The molecule has 0 spiro atoms. The van der Waals surface area contributed by atoms with Crippen LogP contribution in [0, 0.1) is 0 Å². The summed E-state index contributed by atoms with van der Waals surface area (Å²) in [5.74, 6) is -1.39. The number of Topliss-reactive ketones (excluding diaryl/α,β-unsaturated/α-hetero) is 1. The Morgan fingerprint density at radius 1 is 1.26 bits per heavy atom. The molecule has 0 N–H and O–H groups in total. The second kappa shape index (κ2) is 8.21. The number of hydrogen-bond donors (Lipinski definition) is 0. The Hall–Kier alpha value is -1.94. The van der Waals surface area contributed by atoms with E-state index in [1.165, 1.54) is 7.11 Å². The average Bonchev–Trinajstić information content (AvgIpc) is 2.44. The van der Waals surface area contributed by atoms with Gasteiger partial charge in [-0.15, -0.1) is 0 Å². The van der Waals surface area contributed by atoms with Crippen LogP contribution in [-0.4, -0.2) is 31.6 Å². The zero-order valence-corrected chi connectivity index (χ0v) is 11.2.